The van der Waals surface area contributed by atoms with Gasteiger partial charge in [-0.2, -0.15) is 0 Å². The van der Waals surface area contributed by atoms with Gasteiger partial charge in [-0.05, 0) is 20.3 Å². The zero-order valence-electron chi connectivity index (χ0n) is 13.6. The Morgan fingerprint density at radius 2 is 2.27 bits per heavy atom. The third kappa shape index (κ3) is 3.87. The van der Waals surface area contributed by atoms with Crippen LogP contribution in [0.5, 0.6) is 0 Å². The predicted octanol–water partition coefficient (Wildman–Crippen LogP) is 2.13. The molecule has 7 heteroatoms. The summed E-state index contributed by atoms with van der Waals surface area (Å²) in [5.74, 6) is 1.63. The lowest BCUT2D eigenvalue weighted by Gasteiger charge is -2.24. The van der Waals surface area contributed by atoms with E-state index in [0.29, 0.717) is 13.1 Å². The normalized spacial score (nSPS) is 12.2. The highest BCUT2D eigenvalue weighted by molar-refractivity contribution is 5.74. The van der Waals surface area contributed by atoms with Gasteiger partial charge in [-0.15, -0.1) is 0 Å². The Kier molecular flexibility index (Phi) is 5.19. The van der Waals surface area contributed by atoms with Crippen molar-refractivity contribution in [3.8, 4) is 0 Å². The molecule has 0 spiro atoms. The van der Waals surface area contributed by atoms with Crippen LogP contribution in [-0.2, 0) is 13.6 Å². The third-order valence-electron chi connectivity index (χ3n) is 3.51. The Balaban J connectivity index is 2.01. The van der Waals surface area contributed by atoms with Gasteiger partial charge in [0.05, 0.1) is 12.6 Å². The van der Waals surface area contributed by atoms with Gasteiger partial charge in [-0.1, -0.05) is 6.92 Å². The van der Waals surface area contributed by atoms with E-state index in [1.165, 1.54) is 0 Å². The minimum atomic E-state index is -0.165. The number of aromatic amines is 1. The minimum absolute atomic E-state index is 0.105. The Labute approximate surface area is 130 Å². The number of imidazole rings is 2. The summed E-state index contributed by atoms with van der Waals surface area (Å²) in [5, 5.41) is 2.98. The van der Waals surface area contributed by atoms with Gasteiger partial charge < -0.3 is 19.8 Å². The van der Waals surface area contributed by atoms with Crippen LogP contribution in [0.1, 0.15) is 43.7 Å². The summed E-state index contributed by atoms with van der Waals surface area (Å²) in [6.45, 7) is 7.09. The monoisotopic (exact) mass is 304 g/mol. The summed E-state index contributed by atoms with van der Waals surface area (Å²) in [6, 6.07) is -0.270. The van der Waals surface area contributed by atoms with E-state index in [9.17, 15) is 4.79 Å². The average Bonchev–Trinajstić information content (AvgIpc) is 3.07. The second-order valence-corrected chi connectivity index (χ2v) is 5.50. The molecule has 2 amide bonds. The summed E-state index contributed by atoms with van der Waals surface area (Å²) in [7, 11) is 1.93. The summed E-state index contributed by atoms with van der Waals surface area (Å²) in [4.78, 5) is 26.0. The first-order valence-corrected chi connectivity index (χ1v) is 7.54. The van der Waals surface area contributed by atoms with Crippen LogP contribution < -0.4 is 5.32 Å². The standard InChI is InChI=1S/C15H24N6O/c1-5-7-21(10-13-16-6-8-20(13)4)15(22)19-12(3)14-17-9-11(2)18-14/h6,8-9,12H,5,7,10H2,1-4H3,(H,17,18)(H,19,22)/t12-/m0/s1. The Morgan fingerprint density at radius 3 is 2.82 bits per heavy atom. The molecule has 0 radical (unpaired) electrons. The minimum Gasteiger partial charge on any atom is -0.344 e. The molecule has 0 saturated heterocycles. The second-order valence-electron chi connectivity index (χ2n) is 5.50. The quantitative estimate of drug-likeness (QED) is 0.858. The Morgan fingerprint density at radius 1 is 1.50 bits per heavy atom. The number of hydrogen-bond acceptors (Lipinski definition) is 3. The van der Waals surface area contributed by atoms with E-state index >= 15 is 0 Å². The van der Waals surface area contributed by atoms with E-state index in [1.54, 1.807) is 17.3 Å². The first-order valence-electron chi connectivity index (χ1n) is 7.54. The van der Waals surface area contributed by atoms with Crippen LogP contribution in [0.3, 0.4) is 0 Å². The predicted molar refractivity (Wildman–Crippen MR) is 84.2 cm³/mol. The highest BCUT2D eigenvalue weighted by Gasteiger charge is 2.19. The largest absolute Gasteiger partial charge is 0.344 e. The van der Waals surface area contributed by atoms with Crippen molar-refractivity contribution in [2.24, 2.45) is 7.05 Å². The average molecular weight is 304 g/mol. The van der Waals surface area contributed by atoms with Gasteiger partial charge in [-0.3, -0.25) is 0 Å². The molecular formula is C15H24N6O. The number of carbonyl (C=O) groups is 1. The van der Waals surface area contributed by atoms with Crippen LogP contribution in [0.2, 0.25) is 0 Å². The summed E-state index contributed by atoms with van der Waals surface area (Å²) in [6.07, 6.45) is 6.28. The van der Waals surface area contributed by atoms with Gasteiger partial charge in [0.1, 0.15) is 11.6 Å². The SMILES string of the molecule is CCCN(Cc1nccn1C)C(=O)N[C@@H](C)c1ncc(C)[nH]1. The first-order chi connectivity index (χ1) is 10.5. The van der Waals surface area contributed by atoms with Crippen molar-refractivity contribution >= 4 is 6.03 Å². The van der Waals surface area contributed by atoms with Crippen LogP contribution >= 0.6 is 0 Å². The van der Waals surface area contributed by atoms with Crippen molar-refractivity contribution in [1.29, 1.82) is 0 Å². The number of aryl methyl sites for hydroxylation is 2. The van der Waals surface area contributed by atoms with E-state index < -0.39 is 0 Å². The van der Waals surface area contributed by atoms with Gasteiger partial charge in [0, 0.05) is 37.9 Å². The van der Waals surface area contributed by atoms with Crippen molar-refractivity contribution in [3.63, 3.8) is 0 Å². The maximum absolute atomic E-state index is 12.5. The van der Waals surface area contributed by atoms with Crippen molar-refractivity contribution in [1.82, 2.24) is 29.7 Å². The zero-order chi connectivity index (χ0) is 16.1. The van der Waals surface area contributed by atoms with Gasteiger partial charge in [0.15, 0.2) is 0 Å². The van der Waals surface area contributed by atoms with Crippen LogP contribution in [0.4, 0.5) is 4.79 Å². The molecule has 0 fully saturated rings. The topological polar surface area (TPSA) is 78.8 Å². The molecule has 0 unspecified atom stereocenters. The lowest BCUT2D eigenvalue weighted by atomic mass is 10.3. The smallest absolute Gasteiger partial charge is 0.318 e. The number of carbonyl (C=O) groups excluding carboxylic acids is 1. The number of amides is 2. The number of aromatic nitrogens is 4. The maximum Gasteiger partial charge on any atom is 0.318 e. The molecule has 22 heavy (non-hydrogen) atoms. The van der Waals surface area contributed by atoms with E-state index in [4.69, 9.17) is 0 Å². The van der Waals surface area contributed by atoms with Crippen molar-refractivity contribution < 1.29 is 4.79 Å². The lowest BCUT2D eigenvalue weighted by Crippen LogP contribution is -2.41. The van der Waals surface area contributed by atoms with Crippen molar-refractivity contribution in [2.75, 3.05) is 6.54 Å². The van der Waals surface area contributed by atoms with Gasteiger partial charge in [-0.25, -0.2) is 14.8 Å². The molecule has 0 aromatic carbocycles. The van der Waals surface area contributed by atoms with Crippen LogP contribution in [0.25, 0.3) is 0 Å². The Bertz CT molecular complexity index is 617. The molecule has 7 nitrogen and oxygen atoms in total. The molecule has 1 atom stereocenters. The van der Waals surface area contributed by atoms with E-state index in [0.717, 1.165) is 23.8 Å². The highest BCUT2D eigenvalue weighted by atomic mass is 16.2. The number of hydrogen-bond donors (Lipinski definition) is 2. The molecule has 2 N–H and O–H groups in total. The molecule has 0 aliphatic heterocycles. The fourth-order valence-electron chi connectivity index (χ4n) is 2.24. The van der Waals surface area contributed by atoms with Crippen LogP contribution in [-0.4, -0.2) is 37.0 Å². The molecule has 0 bridgehead atoms. The van der Waals surface area contributed by atoms with E-state index in [1.807, 2.05) is 31.7 Å². The number of nitrogens with one attached hydrogen (secondary N) is 2. The van der Waals surface area contributed by atoms with Gasteiger partial charge in [0.25, 0.3) is 0 Å². The van der Waals surface area contributed by atoms with Gasteiger partial charge >= 0.3 is 6.03 Å². The molecule has 2 aromatic heterocycles. The van der Waals surface area contributed by atoms with Gasteiger partial charge in [0.2, 0.25) is 0 Å². The number of rotatable bonds is 6. The van der Waals surface area contributed by atoms with Crippen LogP contribution in [0.15, 0.2) is 18.6 Å². The summed E-state index contributed by atoms with van der Waals surface area (Å²) in [5.41, 5.74) is 0.981. The van der Waals surface area contributed by atoms with Crippen molar-refractivity contribution in [3.05, 3.63) is 35.9 Å². The number of H-pyrrole nitrogens is 1. The zero-order valence-corrected chi connectivity index (χ0v) is 13.6. The second kappa shape index (κ2) is 7.11. The van der Waals surface area contributed by atoms with E-state index in [-0.39, 0.29) is 12.1 Å². The molecule has 2 rings (SSSR count). The molecule has 2 aromatic rings. The Hall–Kier alpha value is -2.31. The highest BCUT2D eigenvalue weighted by Crippen LogP contribution is 2.10. The van der Waals surface area contributed by atoms with Crippen LogP contribution in [0, 0.1) is 6.92 Å². The molecule has 0 saturated carbocycles. The van der Waals surface area contributed by atoms with Crippen molar-refractivity contribution in [2.45, 2.75) is 39.8 Å². The molecule has 120 valence electrons. The number of nitrogens with zero attached hydrogens (tertiary/aromatic N) is 4. The maximum atomic E-state index is 12.5. The lowest BCUT2D eigenvalue weighted by molar-refractivity contribution is 0.189. The molecule has 0 aliphatic rings. The summed E-state index contributed by atoms with van der Waals surface area (Å²) < 4.78 is 1.93. The molecular weight excluding hydrogens is 280 g/mol. The first kappa shape index (κ1) is 16.1. The fourth-order valence-corrected chi connectivity index (χ4v) is 2.24. The fraction of sp³-hybridized carbons (Fsp3) is 0.533. The summed E-state index contributed by atoms with van der Waals surface area (Å²) >= 11 is 0. The van der Waals surface area contributed by atoms with E-state index in [2.05, 4.69) is 27.2 Å². The molecule has 2 heterocycles. The third-order valence-corrected chi connectivity index (χ3v) is 3.51. The number of urea groups is 1. The molecule has 0 aliphatic carbocycles.